The van der Waals surface area contributed by atoms with Crippen LogP contribution in [0.25, 0.3) is 5.69 Å². The Morgan fingerprint density at radius 3 is 2.47 bits per heavy atom. The van der Waals surface area contributed by atoms with Crippen molar-refractivity contribution in [3.8, 4) is 17.2 Å². The van der Waals surface area contributed by atoms with Crippen molar-refractivity contribution in [3.05, 3.63) is 66.0 Å². The zero-order chi connectivity index (χ0) is 24.1. The number of benzene rings is 2. The lowest BCUT2D eigenvalue weighted by atomic mass is 10.2. The van der Waals surface area contributed by atoms with Crippen molar-refractivity contribution < 1.29 is 22.7 Å². The zero-order valence-electron chi connectivity index (χ0n) is 19.2. The number of sulfonamides is 1. The molecule has 0 unspecified atom stereocenters. The standard InChI is InChI=1S/C24H28N4O5S/c1-32-21-10-8-20(9-11-21)28-14-13-19(26-28)16-25-24(29)17-7-12-22(33-2)23(15-17)34(30,31)27-18-5-3-4-6-18/h7-15,18,27H,3-6,16H2,1-2H3,(H,25,29). The minimum absolute atomic E-state index is 0.0432. The highest BCUT2D eigenvalue weighted by Gasteiger charge is 2.26. The fourth-order valence-electron chi connectivity index (χ4n) is 3.96. The van der Waals surface area contributed by atoms with E-state index < -0.39 is 15.9 Å². The average molecular weight is 485 g/mol. The van der Waals surface area contributed by atoms with Crippen molar-refractivity contribution in [1.29, 1.82) is 0 Å². The molecule has 3 aromatic rings. The number of methoxy groups -OCH3 is 2. The minimum atomic E-state index is -3.82. The molecular formula is C24H28N4O5S. The van der Waals surface area contributed by atoms with E-state index in [4.69, 9.17) is 9.47 Å². The predicted octanol–water partition coefficient (Wildman–Crippen LogP) is 3.04. The number of aromatic nitrogens is 2. The topological polar surface area (TPSA) is 112 Å². The van der Waals surface area contributed by atoms with E-state index in [1.54, 1.807) is 30.1 Å². The Labute approximate surface area is 199 Å². The molecule has 34 heavy (non-hydrogen) atoms. The largest absolute Gasteiger partial charge is 0.497 e. The van der Waals surface area contributed by atoms with Gasteiger partial charge in [-0.1, -0.05) is 12.8 Å². The second kappa shape index (κ2) is 10.3. The smallest absolute Gasteiger partial charge is 0.251 e. The Balaban J connectivity index is 1.45. The fraction of sp³-hybridized carbons (Fsp3) is 0.333. The summed E-state index contributed by atoms with van der Waals surface area (Å²) in [5.41, 5.74) is 1.74. The van der Waals surface area contributed by atoms with E-state index in [0.717, 1.165) is 37.1 Å². The maximum Gasteiger partial charge on any atom is 0.251 e. The number of ether oxygens (including phenoxy) is 2. The molecule has 1 heterocycles. The van der Waals surface area contributed by atoms with Gasteiger partial charge in [-0.25, -0.2) is 17.8 Å². The van der Waals surface area contributed by atoms with Crippen molar-refractivity contribution in [1.82, 2.24) is 19.8 Å². The van der Waals surface area contributed by atoms with Crippen LogP contribution in [-0.2, 0) is 16.6 Å². The van der Waals surface area contributed by atoms with Gasteiger partial charge in [0.1, 0.15) is 16.4 Å². The van der Waals surface area contributed by atoms with Crippen molar-refractivity contribution in [2.24, 2.45) is 0 Å². The van der Waals surface area contributed by atoms with E-state index in [2.05, 4.69) is 15.1 Å². The molecule has 1 fully saturated rings. The van der Waals surface area contributed by atoms with Crippen LogP contribution in [0.3, 0.4) is 0 Å². The number of rotatable bonds is 9. The molecule has 2 aromatic carbocycles. The van der Waals surface area contributed by atoms with Crippen LogP contribution in [0.5, 0.6) is 11.5 Å². The summed E-state index contributed by atoms with van der Waals surface area (Å²) in [6, 6.07) is 13.6. The molecule has 0 spiro atoms. The number of amides is 1. The fourth-order valence-corrected chi connectivity index (χ4v) is 5.46. The summed E-state index contributed by atoms with van der Waals surface area (Å²) >= 11 is 0. The summed E-state index contributed by atoms with van der Waals surface area (Å²) in [5, 5.41) is 7.28. The average Bonchev–Trinajstić information content (AvgIpc) is 3.54. The summed E-state index contributed by atoms with van der Waals surface area (Å²) < 4.78 is 40.8. The van der Waals surface area contributed by atoms with Gasteiger partial charge in [0.2, 0.25) is 10.0 Å². The van der Waals surface area contributed by atoms with Crippen LogP contribution in [0.15, 0.2) is 59.6 Å². The quantitative estimate of drug-likeness (QED) is 0.483. The summed E-state index contributed by atoms with van der Waals surface area (Å²) in [7, 11) is -0.808. The third-order valence-corrected chi connectivity index (χ3v) is 7.35. The number of hydrogen-bond donors (Lipinski definition) is 2. The first-order valence-corrected chi connectivity index (χ1v) is 12.6. The molecule has 1 amide bonds. The molecule has 1 aromatic heterocycles. The monoisotopic (exact) mass is 484 g/mol. The summed E-state index contributed by atoms with van der Waals surface area (Å²) in [6.07, 6.45) is 5.42. The van der Waals surface area contributed by atoms with Crippen LogP contribution >= 0.6 is 0 Å². The minimum Gasteiger partial charge on any atom is -0.497 e. The van der Waals surface area contributed by atoms with Crippen molar-refractivity contribution in [3.63, 3.8) is 0 Å². The lowest BCUT2D eigenvalue weighted by Gasteiger charge is -2.15. The van der Waals surface area contributed by atoms with Crippen molar-refractivity contribution in [2.45, 2.75) is 43.2 Å². The molecule has 1 aliphatic rings. The van der Waals surface area contributed by atoms with Crippen LogP contribution in [0.1, 0.15) is 41.7 Å². The van der Waals surface area contributed by atoms with Crippen molar-refractivity contribution >= 4 is 15.9 Å². The summed E-state index contributed by atoms with van der Waals surface area (Å²) in [4.78, 5) is 12.7. The van der Waals surface area contributed by atoms with E-state index >= 15 is 0 Å². The molecule has 10 heteroatoms. The highest BCUT2D eigenvalue weighted by atomic mass is 32.2. The van der Waals surface area contributed by atoms with Crippen LogP contribution in [0, 0.1) is 0 Å². The van der Waals surface area contributed by atoms with Gasteiger partial charge < -0.3 is 14.8 Å². The molecule has 2 N–H and O–H groups in total. The lowest BCUT2D eigenvalue weighted by Crippen LogP contribution is -2.33. The van der Waals surface area contributed by atoms with Gasteiger partial charge in [0.15, 0.2) is 0 Å². The molecule has 4 rings (SSSR count). The molecule has 0 atom stereocenters. The highest BCUT2D eigenvalue weighted by molar-refractivity contribution is 7.89. The molecule has 0 aliphatic heterocycles. The Morgan fingerprint density at radius 2 is 1.79 bits per heavy atom. The molecule has 180 valence electrons. The highest BCUT2D eigenvalue weighted by Crippen LogP contribution is 2.27. The normalized spacial score (nSPS) is 14.2. The first-order chi connectivity index (χ1) is 16.4. The van der Waals surface area contributed by atoms with Gasteiger partial charge in [-0.3, -0.25) is 4.79 Å². The molecular weight excluding hydrogens is 456 g/mol. The SMILES string of the molecule is COc1ccc(-n2ccc(CNC(=O)c3ccc(OC)c(S(=O)(=O)NC4CCCC4)c3)n2)cc1. The maximum atomic E-state index is 13.0. The number of carbonyl (C=O) groups excluding carboxylic acids is 1. The third kappa shape index (κ3) is 5.40. The van der Waals surface area contributed by atoms with Gasteiger partial charge in [-0.2, -0.15) is 5.10 Å². The molecule has 0 bridgehead atoms. The lowest BCUT2D eigenvalue weighted by molar-refractivity contribution is 0.0950. The van der Waals surface area contributed by atoms with Gasteiger partial charge in [-0.15, -0.1) is 0 Å². The predicted molar refractivity (Wildman–Crippen MR) is 127 cm³/mol. The van der Waals surface area contributed by atoms with E-state index in [9.17, 15) is 13.2 Å². The van der Waals surface area contributed by atoms with E-state index in [0.29, 0.717) is 5.69 Å². The molecule has 0 radical (unpaired) electrons. The van der Waals surface area contributed by atoms with E-state index in [1.165, 1.54) is 19.2 Å². The van der Waals surface area contributed by atoms with Gasteiger partial charge in [0, 0.05) is 17.8 Å². The Kier molecular flexibility index (Phi) is 7.18. The third-order valence-electron chi connectivity index (χ3n) is 5.80. The number of nitrogens with zero attached hydrogens (tertiary/aromatic N) is 2. The summed E-state index contributed by atoms with van der Waals surface area (Å²) in [5.74, 6) is 0.543. The van der Waals surface area contributed by atoms with Crippen LogP contribution in [0.4, 0.5) is 0 Å². The second-order valence-electron chi connectivity index (χ2n) is 8.10. The van der Waals surface area contributed by atoms with Crippen LogP contribution in [-0.4, -0.2) is 44.4 Å². The first kappa shape index (κ1) is 23.8. The van der Waals surface area contributed by atoms with Crippen molar-refractivity contribution in [2.75, 3.05) is 14.2 Å². The van der Waals surface area contributed by atoms with E-state index in [-0.39, 0.29) is 28.8 Å². The molecule has 0 saturated heterocycles. The zero-order valence-corrected chi connectivity index (χ0v) is 20.0. The van der Waals surface area contributed by atoms with Gasteiger partial charge in [-0.05, 0) is 61.4 Å². The molecule has 1 aliphatic carbocycles. The van der Waals surface area contributed by atoms with Gasteiger partial charge >= 0.3 is 0 Å². The van der Waals surface area contributed by atoms with E-state index in [1.807, 2.05) is 24.3 Å². The van der Waals surface area contributed by atoms with Gasteiger partial charge in [0.25, 0.3) is 5.91 Å². The molecule has 1 saturated carbocycles. The maximum absolute atomic E-state index is 13.0. The Hall–Kier alpha value is -3.37. The van der Waals surface area contributed by atoms with Crippen LogP contribution < -0.4 is 19.5 Å². The Morgan fingerprint density at radius 1 is 1.06 bits per heavy atom. The second-order valence-corrected chi connectivity index (χ2v) is 9.78. The molecule has 9 nitrogen and oxygen atoms in total. The first-order valence-electron chi connectivity index (χ1n) is 11.1. The van der Waals surface area contributed by atoms with Gasteiger partial charge in [0.05, 0.1) is 32.1 Å². The van der Waals surface area contributed by atoms with Crippen LogP contribution in [0.2, 0.25) is 0 Å². The number of hydrogen-bond acceptors (Lipinski definition) is 6. The summed E-state index contributed by atoms with van der Waals surface area (Å²) in [6.45, 7) is 0.191. The Bertz CT molecular complexity index is 1250. The number of carbonyl (C=O) groups is 1. The number of nitrogens with one attached hydrogen (secondary N) is 2.